The van der Waals surface area contributed by atoms with E-state index >= 15 is 0 Å². The third-order valence-corrected chi connectivity index (χ3v) is 4.10. The highest BCUT2D eigenvalue weighted by molar-refractivity contribution is 5.78. The molecule has 0 bridgehead atoms. The fourth-order valence-corrected chi connectivity index (χ4v) is 2.85. The Hall–Kier alpha value is -2.08. The lowest BCUT2D eigenvalue weighted by atomic mass is 10.2. The highest BCUT2D eigenvalue weighted by Gasteiger charge is 2.16. The number of likely N-dealkylation sites (tertiary alicyclic amines) is 1. The first-order valence-corrected chi connectivity index (χ1v) is 7.85. The molecular formula is C16H22N4O2. The molecular weight excluding hydrogens is 280 g/mol. The van der Waals surface area contributed by atoms with E-state index in [4.69, 9.17) is 10.5 Å². The summed E-state index contributed by atoms with van der Waals surface area (Å²) in [5, 5.41) is 0. The van der Waals surface area contributed by atoms with Crippen molar-refractivity contribution in [3.05, 3.63) is 30.2 Å². The first-order valence-electron chi connectivity index (χ1n) is 7.85. The Kier molecular flexibility index (Phi) is 4.58. The van der Waals surface area contributed by atoms with E-state index in [0.29, 0.717) is 17.9 Å². The lowest BCUT2D eigenvalue weighted by Crippen LogP contribution is -2.35. The van der Waals surface area contributed by atoms with Crippen LogP contribution in [0.4, 0.5) is 0 Å². The van der Waals surface area contributed by atoms with Crippen LogP contribution in [-0.2, 0) is 11.3 Å². The Bertz CT molecular complexity index is 645. The molecule has 0 radical (unpaired) electrons. The second-order valence-electron chi connectivity index (χ2n) is 5.60. The van der Waals surface area contributed by atoms with Crippen molar-refractivity contribution in [3.63, 3.8) is 0 Å². The van der Waals surface area contributed by atoms with Crippen LogP contribution in [-0.4, -0.2) is 39.9 Å². The van der Waals surface area contributed by atoms with Gasteiger partial charge in [0.15, 0.2) is 18.0 Å². The smallest absolute Gasteiger partial charge is 0.260 e. The number of nitrogens with two attached hydrogens (primary N) is 1. The number of hydrogen-bond acceptors (Lipinski definition) is 4. The van der Waals surface area contributed by atoms with E-state index in [2.05, 4.69) is 4.98 Å². The average Bonchev–Trinajstić information content (AvgIpc) is 2.78. The summed E-state index contributed by atoms with van der Waals surface area (Å²) in [6, 6.07) is 3.71. The Balaban J connectivity index is 1.68. The van der Waals surface area contributed by atoms with Crippen molar-refractivity contribution in [2.24, 2.45) is 5.73 Å². The Morgan fingerprint density at radius 2 is 2.05 bits per heavy atom. The van der Waals surface area contributed by atoms with Gasteiger partial charge in [0, 0.05) is 25.8 Å². The minimum absolute atomic E-state index is 0.0505. The van der Waals surface area contributed by atoms with Crippen molar-refractivity contribution < 1.29 is 9.53 Å². The second kappa shape index (κ2) is 6.79. The van der Waals surface area contributed by atoms with Crippen molar-refractivity contribution in [3.8, 4) is 5.75 Å². The van der Waals surface area contributed by atoms with Gasteiger partial charge in [-0.15, -0.1) is 0 Å². The average molecular weight is 302 g/mol. The van der Waals surface area contributed by atoms with E-state index in [1.807, 2.05) is 27.6 Å². The van der Waals surface area contributed by atoms with E-state index < -0.39 is 0 Å². The molecule has 0 saturated carbocycles. The lowest BCUT2D eigenvalue weighted by molar-refractivity contribution is -0.133. The molecule has 2 N–H and O–H groups in total. The van der Waals surface area contributed by atoms with Crippen LogP contribution in [0.15, 0.2) is 24.5 Å². The summed E-state index contributed by atoms with van der Waals surface area (Å²) in [6.07, 6.45) is 8.22. The van der Waals surface area contributed by atoms with Crippen LogP contribution in [0.25, 0.3) is 5.65 Å². The van der Waals surface area contributed by atoms with E-state index in [1.165, 1.54) is 12.8 Å². The van der Waals surface area contributed by atoms with Crippen LogP contribution in [0.1, 0.15) is 31.4 Å². The second-order valence-corrected chi connectivity index (χ2v) is 5.60. The molecule has 3 rings (SSSR count). The number of aromatic nitrogens is 2. The third-order valence-electron chi connectivity index (χ3n) is 4.10. The molecule has 1 amide bonds. The molecule has 3 heterocycles. The molecule has 6 nitrogen and oxygen atoms in total. The van der Waals surface area contributed by atoms with Crippen LogP contribution in [0.5, 0.6) is 5.75 Å². The van der Waals surface area contributed by atoms with Crippen molar-refractivity contribution in [2.75, 3.05) is 19.7 Å². The van der Waals surface area contributed by atoms with Crippen LogP contribution < -0.4 is 10.5 Å². The number of rotatable bonds is 4. The molecule has 118 valence electrons. The zero-order valence-electron chi connectivity index (χ0n) is 12.7. The number of pyridine rings is 1. The number of carbonyl (C=O) groups excluding carboxylic acids is 1. The normalized spacial score (nSPS) is 15.8. The molecule has 6 heteroatoms. The van der Waals surface area contributed by atoms with E-state index in [9.17, 15) is 4.79 Å². The number of hydrogen-bond donors (Lipinski definition) is 1. The third kappa shape index (κ3) is 3.06. The number of carbonyl (C=O) groups is 1. The van der Waals surface area contributed by atoms with Gasteiger partial charge in [0.05, 0.1) is 11.9 Å². The molecule has 2 aromatic heterocycles. The van der Waals surface area contributed by atoms with Crippen LogP contribution >= 0.6 is 0 Å². The molecule has 22 heavy (non-hydrogen) atoms. The van der Waals surface area contributed by atoms with Crippen molar-refractivity contribution in [1.29, 1.82) is 0 Å². The van der Waals surface area contributed by atoms with Crippen molar-refractivity contribution in [2.45, 2.75) is 32.2 Å². The van der Waals surface area contributed by atoms with Gasteiger partial charge < -0.3 is 15.4 Å². The molecule has 0 aliphatic carbocycles. The first kappa shape index (κ1) is 14.8. The number of amides is 1. The van der Waals surface area contributed by atoms with Gasteiger partial charge in [0.1, 0.15) is 0 Å². The quantitative estimate of drug-likeness (QED) is 0.930. The Morgan fingerprint density at radius 1 is 1.27 bits per heavy atom. The van der Waals surface area contributed by atoms with Gasteiger partial charge in [-0.05, 0) is 25.0 Å². The van der Waals surface area contributed by atoms with Crippen molar-refractivity contribution >= 4 is 11.6 Å². The standard InChI is InChI=1S/C16H22N4O2/c17-10-13-11-18-16-14(6-5-9-20(13)16)22-12-15(21)19-7-3-1-2-4-8-19/h5-6,9,11H,1-4,7-8,10,12,17H2. The number of ether oxygens (including phenoxy) is 1. The SMILES string of the molecule is NCc1cnc2c(OCC(=O)N3CCCCCC3)cccn12. The maximum absolute atomic E-state index is 12.3. The monoisotopic (exact) mass is 302 g/mol. The summed E-state index contributed by atoms with van der Waals surface area (Å²) in [5.74, 6) is 0.667. The number of nitrogens with zero attached hydrogens (tertiary/aromatic N) is 3. The van der Waals surface area contributed by atoms with Crippen LogP contribution in [0.3, 0.4) is 0 Å². The van der Waals surface area contributed by atoms with Gasteiger partial charge in [-0.2, -0.15) is 0 Å². The van der Waals surface area contributed by atoms with Gasteiger partial charge >= 0.3 is 0 Å². The van der Waals surface area contributed by atoms with Gasteiger partial charge in [0.25, 0.3) is 5.91 Å². The zero-order valence-corrected chi connectivity index (χ0v) is 12.7. The minimum atomic E-state index is 0.0505. The Labute approximate surface area is 129 Å². The predicted octanol–water partition coefficient (Wildman–Crippen LogP) is 1.57. The predicted molar refractivity (Wildman–Crippen MR) is 83.6 cm³/mol. The summed E-state index contributed by atoms with van der Waals surface area (Å²) in [7, 11) is 0. The maximum atomic E-state index is 12.3. The summed E-state index contributed by atoms with van der Waals surface area (Å²) in [6.45, 7) is 2.15. The zero-order chi connectivity index (χ0) is 15.4. The molecule has 0 spiro atoms. The van der Waals surface area contributed by atoms with Gasteiger partial charge in [-0.1, -0.05) is 12.8 Å². The van der Waals surface area contributed by atoms with E-state index in [0.717, 1.165) is 31.6 Å². The molecule has 0 atom stereocenters. The van der Waals surface area contributed by atoms with E-state index in [1.54, 1.807) is 6.20 Å². The highest BCUT2D eigenvalue weighted by atomic mass is 16.5. The van der Waals surface area contributed by atoms with Gasteiger partial charge in [0.2, 0.25) is 0 Å². The maximum Gasteiger partial charge on any atom is 0.260 e. The topological polar surface area (TPSA) is 72.9 Å². The molecule has 0 unspecified atom stereocenters. The fraction of sp³-hybridized carbons (Fsp3) is 0.500. The molecule has 1 aliphatic rings. The molecule has 0 aromatic carbocycles. The summed E-state index contributed by atoms with van der Waals surface area (Å²) in [4.78, 5) is 18.5. The van der Waals surface area contributed by atoms with Crippen LogP contribution in [0, 0.1) is 0 Å². The minimum Gasteiger partial charge on any atom is -0.480 e. The molecule has 1 fully saturated rings. The van der Waals surface area contributed by atoms with Crippen molar-refractivity contribution in [1.82, 2.24) is 14.3 Å². The highest BCUT2D eigenvalue weighted by Crippen LogP contribution is 2.19. The van der Waals surface area contributed by atoms with Gasteiger partial charge in [-0.25, -0.2) is 4.98 Å². The van der Waals surface area contributed by atoms with Gasteiger partial charge in [-0.3, -0.25) is 9.20 Å². The number of fused-ring (bicyclic) bond motifs is 1. The Morgan fingerprint density at radius 3 is 2.77 bits per heavy atom. The molecule has 1 aliphatic heterocycles. The summed E-state index contributed by atoms with van der Waals surface area (Å²) >= 11 is 0. The molecule has 2 aromatic rings. The fourth-order valence-electron chi connectivity index (χ4n) is 2.85. The first-order chi connectivity index (χ1) is 10.8. The number of imidazole rings is 1. The largest absolute Gasteiger partial charge is 0.480 e. The molecule has 1 saturated heterocycles. The summed E-state index contributed by atoms with van der Waals surface area (Å²) < 4.78 is 7.61. The van der Waals surface area contributed by atoms with Crippen LogP contribution in [0.2, 0.25) is 0 Å². The lowest BCUT2D eigenvalue weighted by Gasteiger charge is -2.20. The summed E-state index contributed by atoms with van der Waals surface area (Å²) in [5.41, 5.74) is 7.30. The van der Waals surface area contributed by atoms with E-state index in [-0.39, 0.29) is 12.5 Å².